The quantitative estimate of drug-likeness (QED) is 0.0214. The van der Waals surface area contributed by atoms with Crippen molar-refractivity contribution in [1.82, 2.24) is 0 Å². The molecule has 2 aromatic carbocycles. The van der Waals surface area contributed by atoms with E-state index < -0.39 is 174 Å². The molecule has 4 saturated carbocycles. The zero-order chi connectivity index (χ0) is 76.6. The number of carbonyl (C=O) groups excluding carboxylic acids is 8. The fourth-order valence-corrected chi connectivity index (χ4v) is 22.3. The predicted molar refractivity (Wildman–Crippen MR) is 385 cm³/mol. The molecule has 8 aliphatic rings. The lowest BCUT2D eigenvalue weighted by Crippen LogP contribution is -2.82. The minimum atomic E-state index is -2.48. The molecule has 2 unspecified atom stereocenters. The van der Waals surface area contributed by atoms with E-state index >= 15 is 4.79 Å². The summed E-state index contributed by atoms with van der Waals surface area (Å²) in [6.45, 7) is 31.4. The van der Waals surface area contributed by atoms with Crippen molar-refractivity contribution in [3.05, 3.63) is 94.1 Å². The molecule has 568 valence electrons. The number of aliphatic hydroxyl groups is 6. The van der Waals surface area contributed by atoms with Crippen LogP contribution in [0.4, 0.5) is 0 Å². The van der Waals surface area contributed by atoms with Gasteiger partial charge in [0.2, 0.25) is 5.24 Å². The van der Waals surface area contributed by atoms with Crippen molar-refractivity contribution in [3.63, 3.8) is 0 Å². The number of ether oxygens (including phenoxy) is 7. The van der Waals surface area contributed by atoms with E-state index in [2.05, 4.69) is 41.5 Å². The van der Waals surface area contributed by atoms with E-state index in [-0.39, 0.29) is 72.8 Å². The Kier molecular flexibility index (Phi) is 26.2. The Hall–Kier alpha value is -5.07. The second-order valence-electron chi connectivity index (χ2n) is 30.4. The number of ketones is 2. The maximum absolute atomic E-state index is 15.8. The number of aliphatic hydroxyl groups excluding tert-OH is 4. The van der Waals surface area contributed by atoms with Crippen LogP contribution >= 0.6 is 22.7 Å². The van der Waals surface area contributed by atoms with Gasteiger partial charge in [-0.05, 0) is 122 Å². The van der Waals surface area contributed by atoms with E-state index in [9.17, 15) is 64.2 Å². The van der Waals surface area contributed by atoms with Crippen LogP contribution in [0.25, 0.3) is 0 Å². The van der Waals surface area contributed by atoms with Gasteiger partial charge in [0.15, 0.2) is 44.6 Å². The molecular weight excluding hydrogens is 1390 g/mol. The highest BCUT2D eigenvalue weighted by Gasteiger charge is 2.80. The summed E-state index contributed by atoms with van der Waals surface area (Å²) in [4.78, 5) is 106. The molecule has 4 bridgehead atoms. The molecule has 0 radical (unpaired) electrons. The summed E-state index contributed by atoms with van der Waals surface area (Å²) in [6, 6.07) is 22.4. The average molecular weight is 1500 g/mol. The number of fused-ring (bicyclic) bond motifs is 10. The number of rotatable bonds is 17. The smallest absolute Gasteiger partial charge is 0.338 e. The van der Waals surface area contributed by atoms with E-state index in [1.54, 1.807) is 111 Å². The maximum atomic E-state index is 15.8. The summed E-state index contributed by atoms with van der Waals surface area (Å²) in [5.74, 6) is -7.41. The highest BCUT2D eigenvalue weighted by molar-refractivity contribution is 7.20. The molecule has 0 aromatic heterocycles. The molecule has 2 aromatic rings. The number of carbonyl (C=O) groups is 8. The second kappa shape index (κ2) is 31.8. The fraction of sp³-hybridized carbons (Fsp3) is 0.684. The van der Waals surface area contributed by atoms with Crippen molar-refractivity contribution in [2.24, 2.45) is 33.5 Å². The molecular formula is C76H110Cl2O22Si2. The van der Waals surface area contributed by atoms with Crippen LogP contribution in [-0.2, 0) is 66.4 Å². The molecule has 2 aliphatic heterocycles. The van der Waals surface area contributed by atoms with Crippen LogP contribution in [0.2, 0.25) is 36.3 Å². The normalized spacial score (nSPS) is 35.4. The van der Waals surface area contributed by atoms with Crippen LogP contribution in [0, 0.1) is 33.5 Å². The van der Waals surface area contributed by atoms with Gasteiger partial charge in [-0.1, -0.05) is 119 Å². The van der Waals surface area contributed by atoms with Crippen molar-refractivity contribution < 1.29 is 107 Å². The van der Waals surface area contributed by atoms with E-state index in [1.165, 1.54) is 51.0 Å². The number of Topliss-reactive ketones (excluding diaryl/α,β-unsaturated/α-hetero) is 2. The SMILES string of the molecule is CC(=O)O[C@@]12CO[C@@H]1C[C@H](O)[C@@]1(C)C(=O)[C@H](O)C3=C(C)[C@@H](O)C[C@@](O)([C@@H](OC(=O)c4ccccc4)C12)C3(C)C.CCC(=O)Cl.CCC(=O)O[C@H]1C(=O)[C@@]2(C)C([C@H](OC(=O)c3ccccc3)[C@]3(O)C[C@H](O)C(C)=C1C3(C)C)[C@]1(OC(C)=O)CO[C@@H]1C[C@@H]2O[Si](CC)(CC)CC.CC[Si](Cl)(CC)CC. The standard InChI is InChI=1S/C38H54O11Si.C29H36O10.C6H15ClSi.C3H5ClO/c1-10-28(41)46-30-29-22(5)25(40)20-38(44,35(29,7)8)33(47-34(43)24-17-15-14-16-18-24)31-36(9,32(30)42)26(49-50(11-2,12-3)13-4)19-27-37(31,21-45-27)48-23(6)39;1-14-17(31)12-29(36)24(38-25(35)16-9-7-6-8-10-16)22-27(5,23(34)21(33)20(14)26(29,3)4)18(32)11-19-28(22,13-37-19)39-15(2)30;1-4-8(7,5-2)6-3;1-2-3(4)5/h14-18,25-27,30-31,33,40,44H,10-13,19-21H2,1-9H3;6-10,17-19,21-22,24,31-33,36H,11-13H2,1-5H3;4-6H2,1-3H3;2H2,1H3/t25-,26-,27+,30+,31?,33-,36+,37-,38+;17-,18-,19+,21+,22?,24-,27+,28-,29+;;/m00../s1. The van der Waals surface area contributed by atoms with Gasteiger partial charge in [-0.2, -0.15) is 11.1 Å². The predicted octanol–water partition coefficient (Wildman–Crippen LogP) is 10.5. The summed E-state index contributed by atoms with van der Waals surface area (Å²) in [6.07, 6.45) is -12.9. The van der Waals surface area contributed by atoms with Crippen molar-refractivity contribution >= 4 is 85.0 Å². The average Bonchev–Trinajstić information content (AvgIpc) is 0.674. The van der Waals surface area contributed by atoms with Crippen molar-refractivity contribution in [1.29, 1.82) is 0 Å². The number of halogens is 2. The number of benzene rings is 2. The zero-order valence-electron chi connectivity index (χ0n) is 62.6. The largest absolute Gasteiger partial charge is 0.455 e. The fourth-order valence-electron chi connectivity index (χ4n) is 17.8. The molecule has 0 amide bonds. The summed E-state index contributed by atoms with van der Waals surface area (Å²) >= 11 is 11.1. The molecule has 2 saturated heterocycles. The minimum absolute atomic E-state index is 0.0223. The van der Waals surface area contributed by atoms with Gasteiger partial charge in [0.1, 0.15) is 41.7 Å². The van der Waals surface area contributed by atoms with E-state index in [0.29, 0.717) is 17.6 Å². The molecule has 0 spiro atoms. The highest BCUT2D eigenvalue weighted by atomic mass is 35.6. The van der Waals surface area contributed by atoms with Gasteiger partial charge in [-0.3, -0.25) is 28.8 Å². The third kappa shape index (κ3) is 14.6. The lowest BCUT2D eigenvalue weighted by molar-refractivity contribution is -0.345. The van der Waals surface area contributed by atoms with Gasteiger partial charge in [0.25, 0.3) is 0 Å². The van der Waals surface area contributed by atoms with Crippen LogP contribution in [0.15, 0.2) is 83.0 Å². The van der Waals surface area contributed by atoms with Crippen molar-refractivity contribution in [3.8, 4) is 0 Å². The summed E-state index contributed by atoms with van der Waals surface area (Å²) < 4.78 is 49.8. The Morgan fingerprint density at radius 3 is 1.30 bits per heavy atom. The first kappa shape index (κ1) is 84.2. The molecule has 6 aliphatic carbocycles. The Bertz CT molecular complexity index is 3490. The third-order valence-corrected chi connectivity index (χ3v) is 36.0. The van der Waals surface area contributed by atoms with Gasteiger partial charge in [-0.25, -0.2) is 9.59 Å². The molecule has 6 fully saturated rings. The molecule has 6 N–H and O–H groups in total. The van der Waals surface area contributed by atoms with Crippen LogP contribution in [0.5, 0.6) is 0 Å². The van der Waals surface area contributed by atoms with Crippen LogP contribution in [0.1, 0.15) is 184 Å². The molecule has 10 rings (SSSR count). The number of hydrogen-bond donors (Lipinski definition) is 6. The number of hydrogen-bond acceptors (Lipinski definition) is 22. The Labute approximate surface area is 612 Å². The first-order valence-corrected chi connectivity index (χ1v) is 42.6. The highest BCUT2D eigenvalue weighted by Crippen LogP contribution is 2.67. The minimum Gasteiger partial charge on any atom is -0.455 e. The Morgan fingerprint density at radius 1 is 0.559 bits per heavy atom. The van der Waals surface area contributed by atoms with Crippen LogP contribution < -0.4 is 0 Å². The first-order valence-electron chi connectivity index (χ1n) is 36.1. The summed E-state index contributed by atoms with van der Waals surface area (Å²) in [5, 5.41) is 71.4. The van der Waals surface area contributed by atoms with Gasteiger partial charge in [0, 0.05) is 63.2 Å². The Balaban J connectivity index is 0.000000248. The molecule has 18 atom stereocenters. The lowest BCUT2D eigenvalue weighted by Gasteiger charge is -2.68. The summed E-state index contributed by atoms with van der Waals surface area (Å²) in [7, 11) is -3.68. The monoisotopic (exact) mass is 1500 g/mol. The molecule has 102 heavy (non-hydrogen) atoms. The van der Waals surface area contributed by atoms with Crippen molar-refractivity contribution in [2.45, 2.75) is 283 Å². The van der Waals surface area contributed by atoms with E-state index in [1.807, 2.05) is 0 Å². The zero-order valence-corrected chi connectivity index (χ0v) is 66.1. The van der Waals surface area contributed by atoms with Gasteiger partial charge >= 0.3 is 29.8 Å². The molecule has 26 heteroatoms. The van der Waals surface area contributed by atoms with Crippen molar-refractivity contribution in [2.75, 3.05) is 13.2 Å². The lowest BCUT2D eigenvalue weighted by atomic mass is 9.44. The summed E-state index contributed by atoms with van der Waals surface area (Å²) in [5.41, 5.74) is -12.1. The number of esters is 5. The Morgan fingerprint density at radius 2 is 0.951 bits per heavy atom. The van der Waals surface area contributed by atoms with E-state index in [0.717, 1.165) is 18.1 Å². The topological polar surface area (TPSA) is 332 Å². The van der Waals surface area contributed by atoms with Gasteiger partial charge in [0.05, 0.1) is 71.4 Å². The molecule has 22 nitrogen and oxygen atoms in total. The molecule has 2 heterocycles. The first-order chi connectivity index (χ1) is 47.5. The third-order valence-electron chi connectivity index (χ3n) is 24.9. The van der Waals surface area contributed by atoms with Gasteiger partial charge < -0.3 is 68.2 Å². The van der Waals surface area contributed by atoms with E-state index in [4.69, 9.17) is 60.3 Å². The van der Waals surface area contributed by atoms with Crippen LogP contribution in [0.3, 0.4) is 0 Å². The van der Waals surface area contributed by atoms with Gasteiger partial charge in [-0.15, -0.1) is 0 Å². The maximum Gasteiger partial charge on any atom is 0.338 e. The second-order valence-corrected chi connectivity index (χ2v) is 42.4. The van der Waals surface area contributed by atoms with Crippen LogP contribution in [-0.4, -0.2) is 190 Å².